The highest BCUT2D eigenvalue weighted by atomic mass is 35.5. The van der Waals surface area contributed by atoms with Gasteiger partial charge in [-0.05, 0) is 67.4 Å². The highest BCUT2D eigenvalue weighted by Crippen LogP contribution is 2.60. The molecule has 1 aromatic carbocycles. The van der Waals surface area contributed by atoms with E-state index in [-0.39, 0.29) is 29.8 Å². The van der Waals surface area contributed by atoms with Crippen molar-refractivity contribution in [2.24, 2.45) is 27.8 Å². The lowest BCUT2D eigenvalue weighted by Crippen LogP contribution is -2.55. The van der Waals surface area contributed by atoms with Gasteiger partial charge in [0.2, 0.25) is 0 Å². The van der Waals surface area contributed by atoms with Gasteiger partial charge in [-0.2, -0.15) is 0 Å². The lowest BCUT2D eigenvalue weighted by atomic mass is 9.47. The number of allylic oxidation sites excluding steroid dienone is 2. The molecule has 4 atom stereocenters. The zero-order valence-corrected chi connectivity index (χ0v) is 20.3. The van der Waals surface area contributed by atoms with E-state index in [1.54, 1.807) is 30.3 Å². The molecule has 180 valence electrons. The summed E-state index contributed by atoms with van der Waals surface area (Å²) in [7, 11) is 0. The van der Waals surface area contributed by atoms with E-state index in [9.17, 15) is 14.7 Å². The standard InChI is InChI=1S/C27H30ClNO5/c1-17-4-11-22-26(2,21(17)10-7-19-13-15-33-24(19)31)14-12-23(27(22,3)16-30)29-34-25(32)18-5-8-20(28)9-6-18/h5-10,13,21-22,30H,1,4,11-12,14-16H2,2-3H3/b10-7+,29-23+/t21-,22+,26+,27+/m1/s1. The highest BCUT2D eigenvalue weighted by Gasteiger charge is 2.56. The molecule has 0 radical (unpaired) electrons. The largest absolute Gasteiger partial charge is 0.458 e. The summed E-state index contributed by atoms with van der Waals surface area (Å²) < 4.78 is 5.01. The molecular weight excluding hydrogens is 454 g/mol. The molecule has 0 unspecified atom stereocenters. The molecule has 0 bridgehead atoms. The maximum absolute atomic E-state index is 12.5. The molecule has 34 heavy (non-hydrogen) atoms. The summed E-state index contributed by atoms with van der Waals surface area (Å²) in [5, 5.41) is 15.3. The second-order valence-electron chi connectivity index (χ2n) is 9.85. The molecule has 6 nitrogen and oxygen atoms in total. The van der Waals surface area contributed by atoms with E-state index in [1.165, 1.54) is 0 Å². The van der Waals surface area contributed by atoms with E-state index in [2.05, 4.69) is 24.7 Å². The number of oxime groups is 1. The van der Waals surface area contributed by atoms with Gasteiger partial charge >= 0.3 is 11.9 Å². The molecule has 3 aliphatic rings. The van der Waals surface area contributed by atoms with Gasteiger partial charge in [-0.25, -0.2) is 9.59 Å². The first-order valence-electron chi connectivity index (χ1n) is 11.6. The first kappa shape index (κ1) is 24.4. The lowest BCUT2D eigenvalue weighted by Gasteiger charge is -2.57. The molecule has 2 fully saturated rings. The number of fused-ring (bicyclic) bond motifs is 1. The number of hydrogen-bond donors (Lipinski definition) is 1. The van der Waals surface area contributed by atoms with Crippen molar-refractivity contribution in [3.8, 4) is 0 Å². The Morgan fingerprint density at radius 2 is 2.06 bits per heavy atom. The summed E-state index contributed by atoms with van der Waals surface area (Å²) >= 11 is 5.89. The number of halogens is 1. The summed E-state index contributed by atoms with van der Waals surface area (Å²) in [6.07, 6.45) is 8.73. The van der Waals surface area contributed by atoms with Crippen molar-refractivity contribution in [1.82, 2.24) is 0 Å². The Kier molecular flexibility index (Phi) is 6.83. The number of ether oxygens (including phenoxy) is 1. The normalized spacial score (nSPS) is 32.5. The molecule has 0 saturated heterocycles. The van der Waals surface area contributed by atoms with Gasteiger partial charge in [-0.15, -0.1) is 0 Å². The Morgan fingerprint density at radius 1 is 1.32 bits per heavy atom. The fourth-order valence-electron chi connectivity index (χ4n) is 5.90. The molecule has 1 aliphatic heterocycles. The van der Waals surface area contributed by atoms with Crippen molar-refractivity contribution in [3.05, 3.63) is 70.8 Å². The van der Waals surface area contributed by atoms with Gasteiger partial charge in [0.05, 0.1) is 23.5 Å². The fraction of sp³-hybridized carbons (Fsp3) is 0.444. The van der Waals surface area contributed by atoms with Gasteiger partial charge in [0.1, 0.15) is 6.61 Å². The maximum atomic E-state index is 12.5. The van der Waals surface area contributed by atoms with Gasteiger partial charge < -0.3 is 14.7 Å². The number of carbonyl (C=O) groups is 2. The van der Waals surface area contributed by atoms with Gasteiger partial charge in [-0.1, -0.05) is 54.9 Å². The number of aliphatic hydroxyl groups is 1. The Morgan fingerprint density at radius 3 is 2.71 bits per heavy atom. The Hall–Kier alpha value is -2.70. The summed E-state index contributed by atoms with van der Waals surface area (Å²) in [5.41, 5.74) is 1.90. The third kappa shape index (κ3) is 4.37. The van der Waals surface area contributed by atoms with E-state index in [1.807, 2.05) is 13.0 Å². The summed E-state index contributed by atoms with van der Waals surface area (Å²) in [5.74, 6) is -0.728. The lowest BCUT2D eigenvalue weighted by molar-refractivity contribution is -0.135. The quantitative estimate of drug-likeness (QED) is 0.267. The molecule has 1 N–H and O–H groups in total. The monoisotopic (exact) mass is 483 g/mol. The second kappa shape index (κ2) is 9.51. The van der Waals surface area contributed by atoms with Crippen LogP contribution in [0.4, 0.5) is 0 Å². The van der Waals surface area contributed by atoms with Crippen molar-refractivity contribution in [1.29, 1.82) is 0 Å². The van der Waals surface area contributed by atoms with Crippen molar-refractivity contribution in [2.45, 2.75) is 39.5 Å². The molecule has 4 rings (SSSR count). The van der Waals surface area contributed by atoms with E-state index >= 15 is 0 Å². The van der Waals surface area contributed by atoms with Crippen LogP contribution in [0.15, 0.2) is 65.4 Å². The average molecular weight is 484 g/mol. The average Bonchev–Trinajstić information content (AvgIpc) is 3.23. The van der Waals surface area contributed by atoms with E-state index < -0.39 is 11.4 Å². The van der Waals surface area contributed by atoms with Crippen LogP contribution >= 0.6 is 11.6 Å². The maximum Gasteiger partial charge on any atom is 0.365 e. The second-order valence-corrected chi connectivity index (χ2v) is 10.3. The molecule has 0 spiro atoms. The number of aliphatic hydroxyl groups excluding tert-OH is 1. The van der Waals surface area contributed by atoms with Crippen LogP contribution in [-0.2, 0) is 14.4 Å². The number of cyclic esters (lactones) is 1. The topological polar surface area (TPSA) is 85.2 Å². The number of benzene rings is 1. The Labute approximate surface area is 205 Å². The van der Waals surface area contributed by atoms with Crippen LogP contribution in [0, 0.1) is 22.7 Å². The van der Waals surface area contributed by atoms with Crippen molar-refractivity contribution in [2.75, 3.05) is 13.2 Å². The molecular formula is C27H30ClNO5. The smallest absolute Gasteiger partial charge is 0.365 e. The SMILES string of the molecule is C=C1CC[C@H]2[C@@](C)(CC/C(=N\OC(=O)c3ccc(Cl)cc3)[C@@]2(C)CO)[C@@H]1/C=C/C1=CCOC1=O. The van der Waals surface area contributed by atoms with E-state index in [0.29, 0.717) is 34.9 Å². The van der Waals surface area contributed by atoms with Gasteiger partial charge in [0.15, 0.2) is 0 Å². The molecule has 0 amide bonds. The first-order chi connectivity index (χ1) is 16.2. The number of hydrogen-bond acceptors (Lipinski definition) is 6. The molecule has 7 heteroatoms. The number of carbonyl (C=O) groups excluding carboxylic acids is 2. The zero-order valence-electron chi connectivity index (χ0n) is 19.6. The Balaban J connectivity index is 1.58. The number of esters is 1. The summed E-state index contributed by atoms with van der Waals surface area (Å²) in [4.78, 5) is 29.6. The first-order valence-corrected chi connectivity index (χ1v) is 11.9. The van der Waals surface area contributed by atoms with E-state index in [0.717, 1.165) is 24.8 Å². The van der Waals surface area contributed by atoms with Crippen LogP contribution in [0.1, 0.15) is 49.9 Å². The summed E-state index contributed by atoms with van der Waals surface area (Å²) in [6, 6.07) is 6.43. The minimum absolute atomic E-state index is 0.0459. The number of nitrogens with zero attached hydrogens (tertiary/aromatic N) is 1. The Bertz CT molecular complexity index is 1090. The molecule has 2 aliphatic carbocycles. The third-order valence-corrected chi connectivity index (χ3v) is 8.15. The van der Waals surface area contributed by atoms with Crippen LogP contribution < -0.4 is 0 Å². The van der Waals surface area contributed by atoms with Crippen LogP contribution in [0.3, 0.4) is 0 Å². The predicted octanol–water partition coefficient (Wildman–Crippen LogP) is 5.27. The van der Waals surface area contributed by atoms with Crippen LogP contribution in [0.5, 0.6) is 0 Å². The fourth-order valence-corrected chi connectivity index (χ4v) is 6.03. The van der Waals surface area contributed by atoms with Crippen LogP contribution in [-0.4, -0.2) is 36.0 Å². The van der Waals surface area contributed by atoms with Crippen molar-refractivity contribution >= 4 is 29.3 Å². The minimum atomic E-state index is -0.647. The van der Waals surface area contributed by atoms with Crippen LogP contribution in [0.2, 0.25) is 5.02 Å². The van der Waals surface area contributed by atoms with Gasteiger partial charge in [0, 0.05) is 16.4 Å². The number of rotatable bonds is 5. The molecule has 1 heterocycles. The van der Waals surface area contributed by atoms with E-state index in [4.69, 9.17) is 21.2 Å². The van der Waals surface area contributed by atoms with Gasteiger partial charge in [0.25, 0.3) is 0 Å². The third-order valence-electron chi connectivity index (χ3n) is 7.90. The molecule has 1 aromatic rings. The van der Waals surface area contributed by atoms with Crippen molar-refractivity contribution in [3.63, 3.8) is 0 Å². The van der Waals surface area contributed by atoms with Gasteiger partial charge in [-0.3, -0.25) is 0 Å². The van der Waals surface area contributed by atoms with Crippen LogP contribution in [0.25, 0.3) is 0 Å². The highest BCUT2D eigenvalue weighted by molar-refractivity contribution is 6.30. The molecule has 0 aromatic heterocycles. The predicted molar refractivity (Wildman–Crippen MR) is 130 cm³/mol. The minimum Gasteiger partial charge on any atom is -0.458 e. The molecule has 2 saturated carbocycles. The summed E-state index contributed by atoms with van der Waals surface area (Å²) in [6.45, 7) is 8.75. The van der Waals surface area contributed by atoms with Crippen molar-refractivity contribution < 1.29 is 24.3 Å². The zero-order chi connectivity index (χ0) is 24.5.